The van der Waals surface area contributed by atoms with E-state index < -0.39 is 18.6 Å². The van der Waals surface area contributed by atoms with Crippen LogP contribution in [0.2, 0.25) is 0 Å². The number of ether oxygens (including phenoxy) is 1. The predicted octanol–water partition coefficient (Wildman–Crippen LogP) is 3.65. The summed E-state index contributed by atoms with van der Waals surface area (Å²) in [6.45, 7) is 0.326. The number of halogens is 2. The Hall–Kier alpha value is -2.77. The number of imidazole rings is 1. The summed E-state index contributed by atoms with van der Waals surface area (Å²) in [5.41, 5.74) is 1.20. The molecule has 6 nitrogen and oxygen atoms in total. The van der Waals surface area contributed by atoms with Gasteiger partial charge in [-0.1, -0.05) is 17.3 Å². The van der Waals surface area contributed by atoms with Gasteiger partial charge in [0.15, 0.2) is 11.9 Å². The average Bonchev–Trinajstić information content (AvgIpc) is 3.10. The SMILES string of the molecule is Cc1cc(C(=O)OC(C)c2nc3ccccc3n2C(F)F)on1. The third-order valence-electron chi connectivity index (χ3n) is 3.29. The summed E-state index contributed by atoms with van der Waals surface area (Å²) in [4.78, 5) is 16.1. The highest BCUT2D eigenvalue weighted by molar-refractivity contribution is 5.86. The molecule has 0 bridgehead atoms. The second-order valence-electron chi connectivity index (χ2n) is 4.99. The van der Waals surface area contributed by atoms with E-state index in [0.29, 0.717) is 11.2 Å². The summed E-state index contributed by atoms with van der Waals surface area (Å²) in [5.74, 6) is -0.911. The van der Waals surface area contributed by atoms with Crippen LogP contribution in [0.3, 0.4) is 0 Å². The van der Waals surface area contributed by atoms with E-state index in [1.54, 1.807) is 25.1 Å². The van der Waals surface area contributed by atoms with Gasteiger partial charge in [-0.3, -0.25) is 4.57 Å². The molecule has 1 atom stereocenters. The third kappa shape index (κ3) is 2.79. The van der Waals surface area contributed by atoms with Gasteiger partial charge >= 0.3 is 12.5 Å². The topological polar surface area (TPSA) is 70.2 Å². The van der Waals surface area contributed by atoms with E-state index in [1.807, 2.05) is 0 Å². The second kappa shape index (κ2) is 5.79. The van der Waals surface area contributed by atoms with Crippen LogP contribution in [-0.4, -0.2) is 20.7 Å². The molecule has 0 aliphatic heterocycles. The van der Waals surface area contributed by atoms with Gasteiger partial charge in [0.1, 0.15) is 0 Å². The molecule has 1 aromatic carbocycles. The fourth-order valence-corrected chi connectivity index (χ4v) is 2.29. The summed E-state index contributed by atoms with van der Waals surface area (Å²) in [5, 5.41) is 3.58. The molecule has 0 spiro atoms. The zero-order chi connectivity index (χ0) is 16.6. The molecule has 0 amide bonds. The summed E-state index contributed by atoms with van der Waals surface area (Å²) in [6.07, 6.45) is -0.977. The number of benzene rings is 1. The maximum Gasteiger partial charge on any atom is 0.377 e. The van der Waals surface area contributed by atoms with Crippen molar-refractivity contribution in [3.63, 3.8) is 0 Å². The van der Waals surface area contributed by atoms with Crippen molar-refractivity contribution in [1.82, 2.24) is 14.7 Å². The average molecular weight is 321 g/mol. The van der Waals surface area contributed by atoms with Crippen LogP contribution >= 0.6 is 0 Å². The fraction of sp³-hybridized carbons (Fsp3) is 0.267. The molecule has 2 heterocycles. The third-order valence-corrected chi connectivity index (χ3v) is 3.29. The minimum atomic E-state index is -2.80. The van der Waals surface area contributed by atoms with Gasteiger partial charge in [0.2, 0.25) is 5.76 Å². The van der Waals surface area contributed by atoms with Crippen LogP contribution in [0.4, 0.5) is 8.78 Å². The van der Waals surface area contributed by atoms with Crippen molar-refractivity contribution < 1.29 is 22.8 Å². The van der Waals surface area contributed by atoms with Crippen LogP contribution in [0, 0.1) is 6.92 Å². The van der Waals surface area contributed by atoms with Crippen LogP contribution in [-0.2, 0) is 4.74 Å². The van der Waals surface area contributed by atoms with E-state index in [2.05, 4.69) is 10.1 Å². The van der Waals surface area contributed by atoms with Gasteiger partial charge in [0, 0.05) is 6.07 Å². The highest BCUT2D eigenvalue weighted by atomic mass is 19.3. The number of para-hydroxylation sites is 2. The van der Waals surface area contributed by atoms with Crippen LogP contribution < -0.4 is 0 Å². The van der Waals surface area contributed by atoms with Gasteiger partial charge in [-0.25, -0.2) is 9.78 Å². The normalized spacial score (nSPS) is 12.7. The number of nitrogens with zero attached hydrogens (tertiary/aromatic N) is 3. The fourth-order valence-electron chi connectivity index (χ4n) is 2.29. The number of aromatic nitrogens is 3. The Morgan fingerprint density at radius 3 is 2.74 bits per heavy atom. The van der Waals surface area contributed by atoms with E-state index in [-0.39, 0.29) is 17.1 Å². The number of aryl methyl sites for hydroxylation is 1. The van der Waals surface area contributed by atoms with Gasteiger partial charge in [-0.15, -0.1) is 0 Å². The molecule has 0 fully saturated rings. The summed E-state index contributed by atoms with van der Waals surface area (Å²) in [6, 6.07) is 7.90. The van der Waals surface area contributed by atoms with E-state index >= 15 is 0 Å². The van der Waals surface area contributed by atoms with E-state index in [4.69, 9.17) is 9.26 Å². The van der Waals surface area contributed by atoms with Crippen molar-refractivity contribution in [3.05, 3.63) is 47.6 Å². The molecule has 120 valence electrons. The lowest BCUT2D eigenvalue weighted by Gasteiger charge is -2.14. The van der Waals surface area contributed by atoms with Crippen LogP contribution in [0.5, 0.6) is 0 Å². The monoisotopic (exact) mass is 321 g/mol. The molecule has 0 saturated carbocycles. The molecule has 0 radical (unpaired) electrons. The Morgan fingerprint density at radius 2 is 2.09 bits per heavy atom. The number of esters is 1. The number of fused-ring (bicyclic) bond motifs is 1. The molecule has 1 unspecified atom stereocenters. The van der Waals surface area contributed by atoms with Crippen molar-refractivity contribution >= 4 is 17.0 Å². The molecular formula is C15H13F2N3O3. The van der Waals surface area contributed by atoms with Gasteiger partial charge < -0.3 is 9.26 Å². The first-order valence-corrected chi connectivity index (χ1v) is 6.86. The van der Waals surface area contributed by atoms with E-state index in [1.165, 1.54) is 19.1 Å². The minimum Gasteiger partial charge on any atom is -0.449 e. The molecule has 3 aromatic rings. The van der Waals surface area contributed by atoms with Crippen LogP contribution in [0.15, 0.2) is 34.9 Å². The lowest BCUT2D eigenvalue weighted by atomic mass is 10.3. The van der Waals surface area contributed by atoms with Gasteiger partial charge in [-0.2, -0.15) is 8.78 Å². The molecule has 8 heteroatoms. The minimum absolute atomic E-state index is 0.0363. The van der Waals surface area contributed by atoms with Crippen molar-refractivity contribution in [1.29, 1.82) is 0 Å². The number of rotatable bonds is 4. The molecule has 0 aliphatic carbocycles. The first kappa shape index (κ1) is 15.1. The highest BCUT2D eigenvalue weighted by Gasteiger charge is 2.25. The molecule has 23 heavy (non-hydrogen) atoms. The van der Waals surface area contributed by atoms with E-state index in [0.717, 1.165) is 4.57 Å². The Labute approximate surface area is 129 Å². The molecule has 3 rings (SSSR count). The molecular weight excluding hydrogens is 308 g/mol. The molecule has 2 aromatic heterocycles. The van der Waals surface area contributed by atoms with Crippen molar-refractivity contribution in [2.75, 3.05) is 0 Å². The Balaban J connectivity index is 1.93. The quantitative estimate of drug-likeness (QED) is 0.686. The number of alkyl halides is 2. The molecule has 0 saturated heterocycles. The highest BCUT2D eigenvalue weighted by Crippen LogP contribution is 2.28. The molecule has 0 N–H and O–H groups in total. The number of carbonyl (C=O) groups is 1. The van der Waals surface area contributed by atoms with Crippen LogP contribution in [0.1, 0.15) is 41.7 Å². The van der Waals surface area contributed by atoms with Crippen LogP contribution in [0.25, 0.3) is 11.0 Å². The maximum atomic E-state index is 13.4. The van der Waals surface area contributed by atoms with Crippen molar-refractivity contribution in [2.24, 2.45) is 0 Å². The standard InChI is InChI=1S/C15H13F2N3O3/c1-8-7-12(23-19-8)14(21)22-9(2)13-18-10-5-3-4-6-11(10)20(13)15(16)17/h3-7,9,15H,1-2H3. The van der Waals surface area contributed by atoms with Gasteiger partial charge in [0.25, 0.3) is 0 Å². The zero-order valence-electron chi connectivity index (χ0n) is 12.4. The predicted molar refractivity (Wildman–Crippen MR) is 76.1 cm³/mol. The zero-order valence-corrected chi connectivity index (χ0v) is 12.4. The van der Waals surface area contributed by atoms with Crippen molar-refractivity contribution in [3.8, 4) is 0 Å². The van der Waals surface area contributed by atoms with Crippen molar-refractivity contribution in [2.45, 2.75) is 26.5 Å². The molecule has 0 aliphatic rings. The summed E-state index contributed by atoms with van der Waals surface area (Å²) < 4.78 is 37.5. The second-order valence-corrected chi connectivity index (χ2v) is 4.99. The maximum absolute atomic E-state index is 13.4. The Morgan fingerprint density at radius 1 is 1.35 bits per heavy atom. The summed E-state index contributed by atoms with van der Waals surface area (Å²) >= 11 is 0. The lowest BCUT2D eigenvalue weighted by molar-refractivity contribution is 0.0195. The lowest BCUT2D eigenvalue weighted by Crippen LogP contribution is -2.14. The van der Waals surface area contributed by atoms with E-state index in [9.17, 15) is 13.6 Å². The van der Waals surface area contributed by atoms with Gasteiger partial charge in [-0.05, 0) is 26.0 Å². The number of hydrogen-bond donors (Lipinski definition) is 0. The smallest absolute Gasteiger partial charge is 0.377 e. The first-order chi connectivity index (χ1) is 11.0. The summed E-state index contributed by atoms with van der Waals surface area (Å²) in [7, 11) is 0. The largest absolute Gasteiger partial charge is 0.449 e. The number of hydrogen-bond acceptors (Lipinski definition) is 5. The Bertz CT molecular complexity index is 857. The first-order valence-electron chi connectivity index (χ1n) is 6.86. The Kier molecular flexibility index (Phi) is 3.81. The number of carbonyl (C=O) groups excluding carboxylic acids is 1. The van der Waals surface area contributed by atoms with Gasteiger partial charge in [0.05, 0.1) is 16.7 Å².